The van der Waals surface area contributed by atoms with Gasteiger partial charge >= 0.3 is 6.03 Å². The first-order valence-corrected chi connectivity index (χ1v) is 8.74. The monoisotopic (exact) mass is 397 g/mol. The number of carbonyl (C=O) groups is 2. The molecule has 3 aromatic rings. The van der Waals surface area contributed by atoms with Gasteiger partial charge in [0, 0.05) is 25.0 Å². The number of ether oxygens (including phenoxy) is 1. The maximum atomic E-state index is 13.8. The van der Waals surface area contributed by atoms with E-state index in [0.717, 1.165) is 0 Å². The van der Waals surface area contributed by atoms with Gasteiger partial charge in [-0.2, -0.15) is 0 Å². The van der Waals surface area contributed by atoms with Gasteiger partial charge in [0.25, 0.3) is 5.91 Å². The Hall–Kier alpha value is -3.81. The summed E-state index contributed by atoms with van der Waals surface area (Å²) in [5.41, 5.74) is 2.05. The maximum absolute atomic E-state index is 13.8. The van der Waals surface area contributed by atoms with Crippen molar-refractivity contribution in [3.05, 3.63) is 78.0 Å². The minimum absolute atomic E-state index is 0.148. The molecule has 0 aliphatic heterocycles. The predicted octanol–water partition coefficient (Wildman–Crippen LogP) is 4.34. The molecule has 0 radical (unpaired) electrons. The Morgan fingerprint density at radius 1 is 1.10 bits per heavy atom. The van der Waals surface area contributed by atoms with Crippen molar-refractivity contribution in [3.63, 3.8) is 0 Å². The highest BCUT2D eigenvalue weighted by Gasteiger charge is 2.12. The minimum Gasteiger partial charge on any atom is -0.494 e. The van der Waals surface area contributed by atoms with E-state index in [1.807, 2.05) is 0 Å². The van der Waals surface area contributed by atoms with Crippen LogP contribution in [0.2, 0.25) is 0 Å². The van der Waals surface area contributed by atoms with E-state index in [1.54, 1.807) is 43.4 Å². The molecule has 1 aromatic heterocycles. The summed E-state index contributed by atoms with van der Waals surface area (Å²) in [6.07, 6.45) is 2.76. The van der Waals surface area contributed by atoms with Gasteiger partial charge in [-0.1, -0.05) is 12.1 Å². The van der Waals surface area contributed by atoms with Gasteiger partial charge in [0.05, 0.1) is 18.9 Å². The number of urea groups is 1. The van der Waals surface area contributed by atoms with Crippen LogP contribution in [0.5, 0.6) is 5.75 Å². The molecule has 0 spiro atoms. The Labute approximate surface area is 167 Å². The quantitative estimate of drug-likeness (QED) is 0.648. The number of hydrogen-bond acceptors (Lipinski definition) is 4. The van der Waals surface area contributed by atoms with Crippen LogP contribution in [-0.4, -0.2) is 31.0 Å². The highest BCUT2D eigenvalue weighted by molar-refractivity contribution is 6.04. The molecule has 8 heteroatoms. The SMILES string of the molecule is COc1ccc(CN(C)C(=O)Nc2cccc(NC(=O)c3ccoc3)c2)cc1F. The molecule has 2 N–H and O–H groups in total. The molecule has 0 fully saturated rings. The molecular weight excluding hydrogens is 377 g/mol. The van der Waals surface area contributed by atoms with Crippen LogP contribution in [-0.2, 0) is 6.54 Å². The number of nitrogens with one attached hydrogen (secondary N) is 2. The fourth-order valence-electron chi connectivity index (χ4n) is 2.64. The van der Waals surface area contributed by atoms with Crippen molar-refractivity contribution in [2.45, 2.75) is 6.54 Å². The summed E-state index contributed by atoms with van der Waals surface area (Å²) in [5.74, 6) is -0.657. The lowest BCUT2D eigenvalue weighted by atomic mass is 10.2. The van der Waals surface area contributed by atoms with Gasteiger partial charge in [-0.05, 0) is 42.0 Å². The van der Waals surface area contributed by atoms with Crippen molar-refractivity contribution < 1.29 is 23.1 Å². The van der Waals surface area contributed by atoms with E-state index < -0.39 is 5.82 Å². The molecule has 0 atom stereocenters. The van der Waals surface area contributed by atoms with Crippen molar-refractivity contribution in [3.8, 4) is 5.75 Å². The average molecular weight is 397 g/mol. The molecule has 29 heavy (non-hydrogen) atoms. The molecular formula is C21H20FN3O4. The zero-order valence-electron chi connectivity index (χ0n) is 15.9. The zero-order chi connectivity index (χ0) is 20.8. The highest BCUT2D eigenvalue weighted by atomic mass is 19.1. The van der Waals surface area contributed by atoms with E-state index in [0.29, 0.717) is 22.5 Å². The zero-order valence-corrected chi connectivity index (χ0v) is 15.9. The topological polar surface area (TPSA) is 83.8 Å². The third-order valence-electron chi connectivity index (χ3n) is 4.14. The van der Waals surface area contributed by atoms with Crippen molar-refractivity contribution >= 4 is 23.3 Å². The summed E-state index contributed by atoms with van der Waals surface area (Å²) in [7, 11) is 2.99. The van der Waals surface area contributed by atoms with E-state index in [-0.39, 0.29) is 24.2 Å². The predicted molar refractivity (Wildman–Crippen MR) is 107 cm³/mol. The van der Waals surface area contributed by atoms with Crippen LogP contribution >= 0.6 is 0 Å². The minimum atomic E-state index is -0.486. The van der Waals surface area contributed by atoms with Crippen molar-refractivity contribution in [1.82, 2.24) is 4.90 Å². The van der Waals surface area contributed by atoms with E-state index >= 15 is 0 Å². The number of carbonyl (C=O) groups excluding carboxylic acids is 2. The van der Waals surface area contributed by atoms with Gasteiger partial charge in [-0.3, -0.25) is 4.79 Å². The molecule has 3 rings (SSSR count). The van der Waals surface area contributed by atoms with E-state index in [4.69, 9.17) is 9.15 Å². The van der Waals surface area contributed by atoms with E-state index in [1.165, 1.54) is 36.7 Å². The lowest BCUT2D eigenvalue weighted by molar-refractivity contribution is 0.102. The molecule has 0 unspecified atom stereocenters. The summed E-state index contributed by atoms with van der Waals surface area (Å²) in [5, 5.41) is 5.47. The number of methoxy groups -OCH3 is 1. The van der Waals surface area contributed by atoms with Crippen LogP contribution in [0.3, 0.4) is 0 Å². The molecule has 3 amide bonds. The summed E-state index contributed by atoms with van der Waals surface area (Å²) >= 11 is 0. The van der Waals surface area contributed by atoms with Crippen LogP contribution in [0.15, 0.2) is 65.5 Å². The molecule has 1 heterocycles. The molecule has 0 aliphatic rings. The second kappa shape index (κ2) is 8.92. The smallest absolute Gasteiger partial charge is 0.321 e. The van der Waals surface area contributed by atoms with Crippen molar-refractivity contribution in [2.24, 2.45) is 0 Å². The highest BCUT2D eigenvalue weighted by Crippen LogP contribution is 2.20. The van der Waals surface area contributed by atoms with Gasteiger partial charge in [-0.25, -0.2) is 9.18 Å². The maximum Gasteiger partial charge on any atom is 0.321 e. The molecule has 7 nitrogen and oxygen atoms in total. The Morgan fingerprint density at radius 3 is 2.52 bits per heavy atom. The Kier molecular flexibility index (Phi) is 6.13. The average Bonchev–Trinajstić information content (AvgIpc) is 3.23. The van der Waals surface area contributed by atoms with E-state index in [9.17, 15) is 14.0 Å². The standard InChI is InChI=1S/C21H20FN3O4/c1-25(12-14-6-7-19(28-2)18(22)10-14)21(27)24-17-5-3-4-16(11-17)23-20(26)15-8-9-29-13-15/h3-11,13H,12H2,1-2H3,(H,23,26)(H,24,27). The van der Waals surface area contributed by atoms with Crippen LogP contribution in [0.1, 0.15) is 15.9 Å². The fourth-order valence-corrected chi connectivity index (χ4v) is 2.64. The molecule has 2 aromatic carbocycles. The number of halogens is 1. The summed E-state index contributed by atoms with van der Waals surface area (Å²) < 4.78 is 23.6. The van der Waals surface area contributed by atoms with Gasteiger partial charge < -0.3 is 24.7 Å². The van der Waals surface area contributed by atoms with Gasteiger partial charge in [0.15, 0.2) is 11.6 Å². The number of nitrogens with zero attached hydrogens (tertiary/aromatic N) is 1. The first kappa shape index (κ1) is 19.9. The molecule has 0 aliphatic carbocycles. The third kappa shape index (κ3) is 5.13. The van der Waals surface area contributed by atoms with Crippen molar-refractivity contribution in [2.75, 3.05) is 24.8 Å². The van der Waals surface area contributed by atoms with Crippen LogP contribution < -0.4 is 15.4 Å². The second-order valence-electron chi connectivity index (χ2n) is 6.30. The molecule has 0 bridgehead atoms. The largest absolute Gasteiger partial charge is 0.494 e. The molecule has 0 saturated carbocycles. The van der Waals surface area contributed by atoms with Crippen LogP contribution in [0.4, 0.5) is 20.6 Å². The summed E-state index contributed by atoms with van der Waals surface area (Å²) in [6.45, 7) is 0.212. The fraction of sp³-hybridized carbons (Fsp3) is 0.143. The Morgan fingerprint density at radius 2 is 1.86 bits per heavy atom. The van der Waals surface area contributed by atoms with Gasteiger partial charge in [0.2, 0.25) is 0 Å². The lowest BCUT2D eigenvalue weighted by Crippen LogP contribution is -2.30. The third-order valence-corrected chi connectivity index (χ3v) is 4.14. The second-order valence-corrected chi connectivity index (χ2v) is 6.30. The first-order valence-electron chi connectivity index (χ1n) is 8.74. The summed E-state index contributed by atoms with van der Waals surface area (Å²) in [6, 6.07) is 12.5. The number of furan rings is 1. The number of rotatable bonds is 6. The first-order chi connectivity index (χ1) is 14.0. The van der Waals surface area contributed by atoms with Crippen molar-refractivity contribution in [1.29, 1.82) is 0 Å². The van der Waals surface area contributed by atoms with Crippen LogP contribution in [0.25, 0.3) is 0 Å². The van der Waals surface area contributed by atoms with E-state index in [2.05, 4.69) is 10.6 Å². The lowest BCUT2D eigenvalue weighted by Gasteiger charge is -2.19. The number of anilines is 2. The van der Waals surface area contributed by atoms with Gasteiger partial charge in [-0.15, -0.1) is 0 Å². The Balaban J connectivity index is 1.61. The number of hydrogen-bond donors (Lipinski definition) is 2. The normalized spacial score (nSPS) is 10.3. The molecule has 0 saturated heterocycles. The van der Waals surface area contributed by atoms with Gasteiger partial charge in [0.1, 0.15) is 6.26 Å². The summed E-state index contributed by atoms with van der Waals surface area (Å²) in [4.78, 5) is 25.9. The molecule has 150 valence electrons. The number of amides is 3. The van der Waals surface area contributed by atoms with Crippen LogP contribution in [0, 0.1) is 5.82 Å². The Bertz CT molecular complexity index is 1000. The number of benzene rings is 2.